The highest BCUT2D eigenvalue weighted by atomic mass is 32.1. The van der Waals surface area contributed by atoms with Crippen LogP contribution in [0.2, 0.25) is 0 Å². The van der Waals surface area contributed by atoms with Gasteiger partial charge in [0.1, 0.15) is 5.82 Å². The predicted octanol–water partition coefficient (Wildman–Crippen LogP) is 3.74. The smallest absolute Gasteiger partial charge is 0.264 e. The molecular formula is C21H25FN2O2S. The molecule has 0 aliphatic carbocycles. The minimum absolute atomic E-state index is 0.110. The van der Waals surface area contributed by atoms with E-state index in [1.807, 2.05) is 17.0 Å². The van der Waals surface area contributed by atoms with Crippen molar-refractivity contribution in [2.45, 2.75) is 12.8 Å². The molecule has 0 unspecified atom stereocenters. The quantitative estimate of drug-likeness (QED) is 0.800. The second kappa shape index (κ2) is 8.50. The lowest BCUT2D eigenvalue weighted by Gasteiger charge is -2.37. The van der Waals surface area contributed by atoms with Crippen LogP contribution in [0.5, 0.6) is 0 Å². The summed E-state index contributed by atoms with van der Waals surface area (Å²) in [6.45, 7) is 6.35. The molecule has 1 aromatic carbocycles. The van der Waals surface area contributed by atoms with E-state index < -0.39 is 0 Å². The molecule has 0 bridgehead atoms. The second-order valence-electron chi connectivity index (χ2n) is 7.32. The minimum Gasteiger partial charge on any atom is -0.381 e. The lowest BCUT2D eigenvalue weighted by molar-refractivity contribution is 0.0394. The Morgan fingerprint density at radius 3 is 2.44 bits per heavy atom. The van der Waals surface area contributed by atoms with Gasteiger partial charge < -0.3 is 9.64 Å². The third-order valence-corrected chi connectivity index (χ3v) is 6.58. The molecule has 0 saturated carbocycles. The maximum atomic E-state index is 13.1. The van der Waals surface area contributed by atoms with E-state index >= 15 is 0 Å². The highest BCUT2D eigenvalue weighted by Gasteiger charge is 2.25. The molecule has 0 N–H and O–H groups in total. The zero-order chi connectivity index (χ0) is 18.6. The summed E-state index contributed by atoms with van der Waals surface area (Å²) in [5, 5.41) is 0. The van der Waals surface area contributed by atoms with Crippen molar-refractivity contribution >= 4 is 17.2 Å². The fourth-order valence-electron chi connectivity index (χ4n) is 3.81. The summed E-state index contributed by atoms with van der Waals surface area (Å²) in [5.74, 6) is 0.598. The first-order valence-electron chi connectivity index (χ1n) is 9.64. The summed E-state index contributed by atoms with van der Waals surface area (Å²) in [5.41, 5.74) is 0.946. The Morgan fingerprint density at radius 1 is 1.04 bits per heavy atom. The second-order valence-corrected chi connectivity index (χ2v) is 8.40. The monoisotopic (exact) mass is 388 g/mol. The van der Waals surface area contributed by atoms with Crippen molar-refractivity contribution in [2.24, 2.45) is 5.92 Å². The molecule has 6 heteroatoms. The van der Waals surface area contributed by atoms with Gasteiger partial charge in [0.25, 0.3) is 5.91 Å². The summed E-state index contributed by atoms with van der Waals surface area (Å²) in [6, 6.07) is 10.3. The SMILES string of the molecule is O=C(c1ccc(-c2ccc(F)cc2)s1)N1CCN(CC2CCOCC2)CC1. The number of hydrogen-bond donors (Lipinski definition) is 0. The van der Waals surface area contributed by atoms with E-state index in [0.717, 1.165) is 80.0 Å². The molecule has 1 amide bonds. The average molecular weight is 389 g/mol. The predicted molar refractivity (Wildman–Crippen MR) is 106 cm³/mol. The van der Waals surface area contributed by atoms with E-state index in [-0.39, 0.29) is 11.7 Å². The summed E-state index contributed by atoms with van der Waals surface area (Å²) < 4.78 is 18.5. The Kier molecular flexibility index (Phi) is 5.86. The number of nitrogens with zero attached hydrogens (tertiary/aromatic N) is 2. The standard InChI is InChI=1S/C21H25FN2O2S/c22-18-3-1-17(2-4-18)19-5-6-20(27-19)21(25)24-11-9-23(10-12-24)15-16-7-13-26-14-8-16/h1-6,16H,7-15H2. The molecule has 2 aliphatic heterocycles. The number of rotatable bonds is 4. The molecule has 144 valence electrons. The summed E-state index contributed by atoms with van der Waals surface area (Å²) in [7, 11) is 0. The van der Waals surface area contributed by atoms with Crippen molar-refractivity contribution in [2.75, 3.05) is 45.9 Å². The number of hydrogen-bond acceptors (Lipinski definition) is 4. The molecule has 4 nitrogen and oxygen atoms in total. The normalized spacial score (nSPS) is 19.4. The van der Waals surface area contributed by atoms with Crippen LogP contribution < -0.4 is 0 Å². The number of carbonyl (C=O) groups is 1. The molecule has 1 aromatic heterocycles. The van der Waals surface area contributed by atoms with Gasteiger partial charge in [-0.15, -0.1) is 11.3 Å². The zero-order valence-electron chi connectivity index (χ0n) is 15.4. The zero-order valence-corrected chi connectivity index (χ0v) is 16.2. The molecule has 2 saturated heterocycles. The van der Waals surface area contributed by atoms with Crippen LogP contribution in [0.25, 0.3) is 10.4 Å². The number of amides is 1. The van der Waals surface area contributed by atoms with Gasteiger partial charge >= 0.3 is 0 Å². The fraction of sp³-hybridized carbons (Fsp3) is 0.476. The molecule has 3 heterocycles. The molecule has 2 fully saturated rings. The molecule has 0 atom stereocenters. The summed E-state index contributed by atoms with van der Waals surface area (Å²) in [6.07, 6.45) is 2.31. The van der Waals surface area contributed by atoms with Gasteiger partial charge in [0.2, 0.25) is 0 Å². The number of benzene rings is 1. The highest BCUT2D eigenvalue weighted by Crippen LogP contribution is 2.29. The lowest BCUT2D eigenvalue weighted by atomic mass is 9.99. The van der Waals surface area contributed by atoms with E-state index in [1.165, 1.54) is 23.5 Å². The summed E-state index contributed by atoms with van der Waals surface area (Å²) in [4.78, 5) is 19.0. The van der Waals surface area contributed by atoms with E-state index in [0.29, 0.717) is 0 Å². The van der Waals surface area contributed by atoms with Crippen LogP contribution in [-0.2, 0) is 4.74 Å². The first-order valence-corrected chi connectivity index (χ1v) is 10.5. The Hall–Kier alpha value is -1.76. The van der Waals surface area contributed by atoms with Crippen molar-refractivity contribution in [1.82, 2.24) is 9.80 Å². The van der Waals surface area contributed by atoms with E-state index in [2.05, 4.69) is 4.90 Å². The van der Waals surface area contributed by atoms with Crippen LogP contribution >= 0.6 is 11.3 Å². The van der Waals surface area contributed by atoms with Crippen molar-refractivity contribution in [3.63, 3.8) is 0 Å². The van der Waals surface area contributed by atoms with Gasteiger partial charge in [-0.2, -0.15) is 0 Å². The molecule has 2 aliphatic rings. The summed E-state index contributed by atoms with van der Waals surface area (Å²) >= 11 is 1.48. The van der Waals surface area contributed by atoms with Gasteiger partial charge in [-0.05, 0) is 48.6 Å². The number of ether oxygens (including phenoxy) is 1. The Balaban J connectivity index is 1.32. The van der Waals surface area contributed by atoms with E-state index in [1.54, 1.807) is 12.1 Å². The van der Waals surface area contributed by atoms with Crippen molar-refractivity contribution < 1.29 is 13.9 Å². The number of halogens is 1. The van der Waals surface area contributed by atoms with Crippen LogP contribution in [0, 0.1) is 11.7 Å². The van der Waals surface area contributed by atoms with Crippen LogP contribution in [-0.4, -0.2) is 61.6 Å². The fourth-order valence-corrected chi connectivity index (χ4v) is 4.79. The molecule has 0 spiro atoms. The van der Waals surface area contributed by atoms with Crippen LogP contribution in [0.3, 0.4) is 0 Å². The van der Waals surface area contributed by atoms with Gasteiger partial charge in [-0.3, -0.25) is 9.69 Å². The van der Waals surface area contributed by atoms with Crippen LogP contribution in [0.1, 0.15) is 22.5 Å². The molecule has 27 heavy (non-hydrogen) atoms. The number of piperazine rings is 1. The van der Waals surface area contributed by atoms with Crippen LogP contribution in [0.15, 0.2) is 36.4 Å². The van der Waals surface area contributed by atoms with E-state index in [4.69, 9.17) is 4.74 Å². The topological polar surface area (TPSA) is 32.8 Å². The molecule has 0 radical (unpaired) electrons. The maximum absolute atomic E-state index is 13.1. The van der Waals surface area contributed by atoms with Gasteiger partial charge in [0.05, 0.1) is 4.88 Å². The average Bonchev–Trinajstić information content (AvgIpc) is 3.20. The largest absolute Gasteiger partial charge is 0.381 e. The highest BCUT2D eigenvalue weighted by molar-refractivity contribution is 7.17. The molecular weight excluding hydrogens is 363 g/mol. The maximum Gasteiger partial charge on any atom is 0.264 e. The first kappa shape index (κ1) is 18.6. The molecule has 2 aromatic rings. The number of thiophene rings is 1. The Morgan fingerprint density at radius 2 is 1.74 bits per heavy atom. The van der Waals surface area contributed by atoms with Gasteiger partial charge in [-0.25, -0.2) is 4.39 Å². The van der Waals surface area contributed by atoms with Crippen molar-refractivity contribution in [3.05, 3.63) is 47.1 Å². The molecule has 4 rings (SSSR count). The van der Waals surface area contributed by atoms with Crippen LogP contribution in [0.4, 0.5) is 4.39 Å². The third-order valence-electron chi connectivity index (χ3n) is 5.46. The third kappa shape index (κ3) is 4.57. The van der Waals surface area contributed by atoms with Gasteiger partial charge in [0.15, 0.2) is 0 Å². The minimum atomic E-state index is -0.245. The Bertz CT molecular complexity index is 763. The lowest BCUT2D eigenvalue weighted by Crippen LogP contribution is -2.50. The first-order chi connectivity index (χ1) is 13.2. The number of carbonyl (C=O) groups excluding carboxylic acids is 1. The van der Waals surface area contributed by atoms with Crippen molar-refractivity contribution in [3.8, 4) is 10.4 Å². The van der Waals surface area contributed by atoms with Crippen molar-refractivity contribution in [1.29, 1.82) is 0 Å². The van der Waals surface area contributed by atoms with Gasteiger partial charge in [0, 0.05) is 50.8 Å². The van der Waals surface area contributed by atoms with E-state index in [9.17, 15) is 9.18 Å². The van der Waals surface area contributed by atoms with Gasteiger partial charge in [-0.1, -0.05) is 12.1 Å². The Labute approximate surface area is 163 Å².